The first-order chi connectivity index (χ1) is 14.1. The van der Waals surface area contributed by atoms with E-state index in [1.165, 1.54) is 0 Å². The van der Waals surface area contributed by atoms with Crippen molar-refractivity contribution >= 4 is 17.8 Å². The monoisotopic (exact) mass is 422 g/mol. The molecule has 3 rings (SSSR count). The number of fused-ring (bicyclic) bond motifs is 1. The Labute approximate surface area is 177 Å². The highest BCUT2D eigenvalue weighted by atomic mass is 16.5. The van der Waals surface area contributed by atoms with Crippen LogP contribution in [0, 0.1) is 11.8 Å². The average Bonchev–Trinajstić information content (AvgIpc) is 3.29. The summed E-state index contributed by atoms with van der Waals surface area (Å²) in [5.74, 6) is -3.28. The van der Waals surface area contributed by atoms with Crippen LogP contribution in [0.4, 0.5) is 0 Å². The fourth-order valence-corrected chi connectivity index (χ4v) is 5.50. The van der Waals surface area contributed by atoms with Crippen molar-refractivity contribution in [2.45, 2.75) is 76.2 Å². The topological polar surface area (TPSA) is 107 Å². The molecule has 0 aromatic carbocycles. The van der Waals surface area contributed by atoms with Crippen molar-refractivity contribution in [3.63, 3.8) is 0 Å². The van der Waals surface area contributed by atoms with Gasteiger partial charge in [0.15, 0.2) is 0 Å². The van der Waals surface area contributed by atoms with Gasteiger partial charge in [0.25, 0.3) is 0 Å². The van der Waals surface area contributed by atoms with Gasteiger partial charge in [0.2, 0.25) is 11.8 Å². The van der Waals surface area contributed by atoms with Crippen LogP contribution in [-0.2, 0) is 19.1 Å². The minimum atomic E-state index is -1.08. The lowest BCUT2D eigenvalue weighted by Crippen LogP contribution is -2.59. The summed E-state index contributed by atoms with van der Waals surface area (Å²) in [5, 5.41) is 18.8. The molecule has 30 heavy (non-hydrogen) atoms. The van der Waals surface area contributed by atoms with E-state index in [4.69, 9.17) is 9.84 Å². The van der Waals surface area contributed by atoms with E-state index in [1.54, 1.807) is 15.9 Å². The Morgan fingerprint density at radius 1 is 1.33 bits per heavy atom. The largest absolute Gasteiger partial charge is 0.481 e. The number of carbonyl (C=O) groups is 3. The molecule has 0 aromatic heterocycles. The van der Waals surface area contributed by atoms with Gasteiger partial charge in [0, 0.05) is 25.2 Å². The second kappa shape index (κ2) is 8.30. The Balaban J connectivity index is 1.99. The summed E-state index contributed by atoms with van der Waals surface area (Å²) in [6.07, 6.45) is 4.17. The van der Waals surface area contributed by atoms with E-state index < -0.39 is 41.1 Å². The van der Waals surface area contributed by atoms with E-state index in [-0.39, 0.29) is 18.4 Å². The molecule has 2 amide bonds. The van der Waals surface area contributed by atoms with Crippen LogP contribution < -0.4 is 0 Å². The lowest BCUT2D eigenvalue weighted by Gasteiger charge is -2.42. The van der Waals surface area contributed by atoms with Crippen molar-refractivity contribution in [2.75, 3.05) is 19.7 Å². The minimum absolute atomic E-state index is 0.0753. The molecule has 0 aliphatic carbocycles. The van der Waals surface area contributed by atoms with Crippen LogP contribution in [-0.4, -0.2) is 80.8 Å². The molecule has 8 nitrogen and oxygen atoms in total. The zero-order valence-electron chi connectivity index (χ0n) is 18.2. The SMILES string of the molecule is C=CCN(C(=O)C1N(CCCCCO)C(=O)[C@@H]2[C@H](C(=O)O)[C@@H]3CCC12O3)C(C)(C)C. The normalized spacial score (nSPS) is 32.4. The Hall–Kier alpha value is -1.93. The molecule has 0 saturated carbocycles. The van der Waals surface area contributed by atoms with Gasteiger partial charge in [-0.2, -0.15) is 0 Å². The quantitative estimate of drug-likeness (QED) is 0.430. The van der Waals surface area contributed by atoms with Crippen molar-refractivity contribution in [2.24, 2.45) is 11.8 Å². The molecule has 5 atom stereocenters. The van der Waals surface area contributed by atoms with E-state index in [1.807, 2.05) is 20.8 Å². The first kappa shape index (κ1) is 22.7. The van der Waals surface area contributed by atoms with Gasteiger partial charge in [0.05, 0.1) is 17.9 Å². The molecule has 2 bridgehead atoms. The number of hydrogen-bond acceptors (Lipinski definition) is 5. The second-order valence-electron chi connectivity index (χ2n) is 9.62. The van der Waals surface area contributed by atoms with Crippen molar-refractivity contribution < 1.29 is 29.3 Å². The summed E-state index contributed by atoms with van der Waals surface area (Å²) < 4.78 is 6.20. The maximum absolute atomic E-state index is 13.8. The van der Waals surface area contributed by atoms with Crippen LogP contribution in [0.25, 0.3) is 0 Å². The Bertz CT molecular complexity index is 717. The Morgan fingerprint density at radius 3 is 2.60 bits per heavy atom. The number of likely N-dealkylation sites (tertiary alicyclic amines) is 1. The maximum atomic E-state index is 13.8. The summed E-state index contributed by atoms with van der Waals surface area (Å²) in [7, 11) is 0. The first-order valence-electron chi connectivity index (χ1n) is 10.8. The summed E-state index contributed by atoms with van der Waals surface area (Å²) in [6, 6.07) is -0.836. The average molecular weight is 423 g/mol. The molecule has 2 N–H and O–H groups in total. The number of aliphatic hydroxyl groups is 1. The smallest absolute Gasteiger partial charge is 0.310 e. The first-order valence-corrected chi connectivity index (χ1v) is 10.8. The van der Waals surface area contributed by atoms with E-state index in [0.717, 1.165) is 6.42 Å². The lowest BCUT2D eigenvalue weighted by atomic mass is 9.70. The van der Waals surface area contributed by atoms with Gasteiger partial charge in [0.1, 0.15) is 11.6 Å². The maximum Gasteiger partial charge on any atom is 0.310 e. The molecule has 3 heterocycles. The van der Waals surface area contributed by atoms with Crippen molar-refractivity contribution in [1.29, 1.82) is 0 Å². The summed E-state index contributed by atoms with van der Waals surface area (Å²) in [4.78, 5) is 42.5. The van der Waals surface area contributed by atoms with Crippen molar-refractivity contribution in [3.05, 3.63) is 12.7 Å². The lowest BCUT2D eigenvalue weighted by molar-refractivity contribution is -0.152. The third-order valence-electron chi connectivity index (χ3n) is 6.76. The second-order valence-corrected chi connectivity index (χ2v) is 9.62. The van der Waals surface area contributed by atoms with Crippen LogP contribution in [0.1, 0.15) is 52.9 Å². The molecule has 1 spiro atoms. The number of carboxylic acid groups (broad SMARTS) is 1. The van der Waals surface area contributed by atoms with Crippen LogP contribution in [0.5, 0.6) is 0 Å². The van der Waals surface area contributed by atoms with Crippen LogP contribution in [0.15, 0.2) is 12.7 Å². The van der Waals surface area contributed by atoms with Gasteiger partial charge < -0.3 is 24.7 Å². The molecule has 3 fully saturated rings. The van der Waals surface area contributed by atoms with Crippen LogP contribution >= 0.6 is 0 Å². The number of ether oxygens (including phenoxy) is 1. The van der Waals surface area contributed by atoms with E-state index in [9.17, 15) is 19.5 Å². The number of unbranched alkanes of at least 4 members (excludes halogenated alkanes) is 2. The Morgan fingerprint density at radius 2 is 2.03 bits per heavy atom. The molecule has 0 aromatic rings. The molecular weight excluding hydrogens is 388 g/mol. The van der Waals surface area contributed by atoms with Gasteiger partial charge >= 0.3 is 5.97 Å². The zero-order chi connectivity index (χ0) is 22.3. The zero-order valence-corrected chi connectivity index (χ0v) is 18.2. The van der Waals surface area contributed by atoms with Gasteiger partial charge in [-0.3, -0.25) is 14.4 Å². The highest BCUT2D eigenvalue weighted by Gasteiger charge is 2.74. The molecule has 0 radical (unpaired) electrons. The minimum Gasteiger partial charge on any atom is -0.481 e. The third-order valence-corrected chi connectivity index (χ3v) is 6.76. The van der Waals surface area contributed by atoms with Gasteiger partial charge in [-0.05, 0) is 52.9 Å². The number of rotatable bonds is 9. The fraction of sp³-hybridized carbons (Fsp3) is 0.773. The van der Waals surface area contributed by atoms with Crippen LogP contribution in [0.3, 0.4) is 0 Å². The number of aliphatic carboxylic acids is 1. The number of carboxylic acids is 1. The molecular formula is C22H34N2O6. The van der Waals surface area contributed by atoms with Gasteiger partial charge in [-0.1, -0.05) is 6.08 Å². The highest BCUT2D eigenvalue weighted by molar-refractivity contribution is 5.98. The molecule has 2 unspecified atom stereocenters. The van der Waals surface area contributed by atoms with E-state index in [0.29, 0.717) is 38.8 Å². The number of aliphatic hydroxyl groups excluding tert-OH is 1. The Kier molecular flexibility index (Phi) is 6.30. The van der Waals surface area contributed by atoms with Crippen molar-refractivity contribution in [1.82, 2.24) is 9.80 Å². The van der Waals surface area contributed by atoms with Crippen LogP contribution in [0.2, 0.25) is 0 Å². The van der Waals surface area contributed by atoms with E-state index in [2.05, 4.69) is 6.58 Å². The van der Waals surface area contributed by atoms with E-state index >= 15 is 0 Å². The summed E-state index contributed by atoms with van der Waals surface area (Å²) in [6.45, 7) is 10.3. The summed E-state index contributed by atoms with van der Waals surface area (Å²) in [5.41, 5.74) is -1.57. The predicted molar refractivity (Wildman–Crippen MR) is 110 cm³/mol. The number of carbonyl (C=O) groups excluding carboxylic acids is 2. The standard InChI is InChI=1S/C22H34N2O6/c1-5-11-24(21(2,3)4)19(27)17-22-10-9-14(30-22)15(20(28)29)16(22)18(26)23(17)12-7-6-8-13-25/h5,14-17,25H,1,6-13H2,2-4H3,(H,28,29)/t14-,15+,16-,17?,22?/m0/s1. The summed E-state index contributed by atoms with van der Waals surface area (Å²) >= 11 is 0. The third kappa shape index (κ3) is 3.54. The highest BCUT2D eigenvalue weighted by Crippen LogP contribution is 2.58. The molecule has 3 aliphatic heterocycles. The molecule has 3 saturated heterocycles. The molecule has 8 heteroatoms. The van der Waals surface area contributed by atoms with Gasteiger partial charge in [-0.25, -0.2) is 0 Å². The number of nitrogens with zero attached hydrogens (tertiary/aromatic N) is 2. The number of hydrogen-bond donors (Lipinski definition) is 2. The molecule has 3 aliphatic rings. The van der Waals surface area contributed by atoms with Gasteiger partial charge in [-0.15, -0.1) is 6.58 Å². The fourth-order valence-electron chi connectivity index (χ4n) is 5.50. The van der Waals surface area contributed by atoms with Crippen molar-refractivity contribution in [3.8, 4) is 0 Å². The number of amides is 2. The molecule has 168 valence electrons. The predicted octanol–water partition coefficient (Wildman–Crippen LogP) is 1.42.